The van der Waals surface area contributed by atoms with Crippen LogP contribution in [0.4, 0.5) is 0 Å². The Hall–Kier alpha value is -2.94. The van der Waals surface area contributed by atoms with Crippen LogP contribution in [-0.2, 0) is 0 Å². The Labute approximate surface area is 122 Å². The molecule has 0 bridgehead atoms. The largest absolute Gasteiger partial charge is 0.306 e. The van der Waals surface area contributed by atoms with Gasteiger partial charge in [-0.15, -0.1) is 0 Å². The van der Waals surface area contributed by atoms with Gasteiger partial charge in [-0.3, -0.25) is 0 Å². The van der Waals surface area contributed by atoms with E-state index in [2.05, 4.69) is 35.3 Å². The first-order valence-corrected chi connectivity index (χ1v) is 6.85. The molecule has 0 N–H and O–H groups in total. The number of nitrogens with zero attached hydrogens (tertiary/aromatic N) is 3. The Balaban J connectivity index is 1.93. The molecule has 3 nitrogen and oxygen atoms in total. The predicted molar refractivity (Wildman–Crippen MR) is 84.3 cm³/mol. The van der Waals surface area contributed by atoms with Crippen molar-refractivity contribution >= 4 is 10.9 Å². The van der Waals surface area contributed by atoms with Crippen molar-refractivity contribution in [3.05, 3.63) is 79.4 Å². The SMILES string of the molecule is c1ccc(-n2ccnc2)c(-c2ccc3ccccc3n2)c1. The highest BCUT2D eigenvalue weighted by atomic mass is 15.0. The molecule has 0 aliphatic heterocycles. The molecule has 3 heteroatoms. The monoisotopic (exact) mass is 271 g/mol. The van der Waals surface area contributed by atoms with Crippen LogP contribution in [0.1, 0.15) is 0 Å². The van der Waals surface area contributed by atoms with Crippen LogP contribution in [0.15, 0.2) is 79.4 Å². The molecule has 4 rings (SSSR count). The summed E-state index contributed by atoms with van der Waals surface area (Å²) in [5.74, 6) is 0. The summed E-state index contributed by atoms with van der Waals surface area (Å²) in [4.78, 5) is 8.91. The molecule has 0 aliphatic rings. The van der Waals surface area contributed by atoms with Gasteiger partial charge in [-0.25, -0.2) is 9.97 Å². The molecule has 0 atom stereocenters. The molecular formula is C18H13N3. The van der Waals surface area contributed by atoms with E-state index in [1.165, 1.54) is 0 Å². The Morgan fingerprint density at radius 3 is 2.57 bits per heavy atom. The van der Waals surface area contributed by atoms with Gasteiger partial charge in [0.25, 0.3) is 0 Å². The lowest BCUT2D eigenvalue weighted by Gasteiger charge is -2.10. The van der Waals surface area contributed by atoms with Crippen LogP contribution in [0.3, 0.4) is 0 Å². The van der Waals surface area contributed by atoms with Gasteiger partial charge in [0.05, 0.1) is 23.2 Å². The number of benzene rings is 2. The van der Waals surface area contributed by atoms with E-state index in [1.807, 2.05) is 41.1 Å². The third kappa shape index (κ3) is 2.09. The quantitative estimate of drug-likeness (QED) is 0.550. The maximum absolute atomic E-state index is 4.78. The van der Waals surface area contributed by atoms with Gasteiger partial charge in [-0.2, -0.15) is 0 Å². The van der Waals surface area contributed by atoms with E-state index < -0.39 is 0 Å². The molecule has 0 aliphatic carbocycles. The summed E-state index contributed by atoms with van der Waals surface area (Å²) in [7, 11) is 0. The summed E-state index contributed by atoms with van der Waals surface area (Å²) < 4.78 is 2.01. The minimum absolute atomic E-state index is 0.970. The fraction of sp³-hybridized carbons (Fsp3) is 0. The molecule has 0 saturated carbocycles. The molecule has 100 valence electrons. The summed E-state index contributed by atoms with van der Waals surface area (Å²) in [6, 6.07) is 20.6. The van der Waals surface area contributed by atoms with E-state index in [4.69, 9.17) is 4.98 Å². The topological polar surface area (TPSA) is 30.7 Å². The normalized spacial score (nSPS) is 10.9. The van der Waals surface area contributed by atoms with Gasteiger partial charge in [-0.1, -0.05) is 42.5 Å². The average Bonchev–Trinajstić information content (AvgIpc) is 3.09. The number of hydrogen-bond acceptors (Lipinski definition) is 2. The number of aromatic nitrogens is 3. The maximum atomic E-state index is 4.78. The van der Waals surface area contributed by atoms with Crippen molar-refractivity contribution in [1.29, 1.82) is 0 Å². The number of fused-ring (bicyclic) bond motifs is 1. The lowest BCUT2D eigenvalue weighted by molar-refractivity contribution is 1.06. The number of rotatable bonds is 2. The van der Waals surface area contributed by atoms with Crippen LogP contribution in [0.25, 0.3) is 27.8 Å². The number of para-hydroxylation sites is 2. The fourth-order valence-electron chi connectivity index (χ4n) is 2.53. The van der Waals surface area contributed by atoms with Crippen molar-refractivity contribution in [1.82, 2.24) is 14.5 Å². The second-order valence-electron chi connectivity index (χ2n) is 4.88. The highest BCUT2D eigenvalue weighted by Gasteiger charge is 2.08. The van der Waals surface area contributed by atoms with Crippen molar-refractivity contribution in [2.75, 3.05) is 0 Å². The van der Waals surface area contributed by atoms with Crippen LogP contribution in [0, 0.1) is 0 Å². The van der Waals surface area contributed by atoms with Crippen LogP contribution in [0.5, 0.6) is 0 Å². The minimum Gasteiger partial charge on any atom is -0.306 e. The molecule has 0 fully saturated rings. The molecule has 2 aromatic heterocycles. The van der Waals surface area contributed by atoms with Crippen molar-refractivity contribution < 1.29 is 0 Å². The van der Waals surface area contributed by atoms with Gasteiger partial charge in [-0.05, 0) is 18.2 Å². The third-order valence-electron chi connectivity index (χ3n) is 3.56. The van der Waals surface area contributed by atoms with Crippen molar-refractivity contribution in [3.8, 4) is 16.9 Å². The lowest BCUT2D eigenvalue weighted by Crippen LogP contribution is -1.95. The Morgan fingerprint density at radius 1 is 0.810 bits per heavy atom. The smallest absolute Gasteiger partial charge is 0.0991 e. The van der Waals surface area contributed by atoms with Gasteiger partial charge in [0, 0.05) is 23.3 Å². The van der Waals surface area contributed by atoms with E-state index in [1.54, 1.807) is 12.5 Å². The van der Waals surface area contributed by atoms with Crippen LogP contribution in [0.2, 0.25) is 0 Å². The first-order chi connectivity index (χ1) is 10.4. The van der Waals surface area contributed by atoms with Crippen LogP contribution in [-0.4, -0.2) is 14.5 Å². The van der Waals surface area contributed by atoms with Crippen molar-refractivity contribution in [2.24, 2.45) is 0 Å². The minimum atomic E-state index is 0.970. The standard InChI is InChI=1S/C18H13N3/c1-3-7-16-14(5-1)9-10-17(20-16)15-6-2-4-8-18(15)21-12-11-19-13-21/h1-13H. The molecule has 0 spiro atoms. The highest BCUT2D eigenvalue weighted by molar-refractivity contribution is 5.82. The first-order valence-electron chi connectivity index (χ1n) is 6.85. The van der Waals surface area contributed by atoms with Gasteiger partial charge < -0.3 is 4.57 Å². The zero-order chi connectivity index (χ0) is 14.1. The van der Waals surface area contributed by atoms with Gasteiger partial charge in [0.2, 0.25) is 0 Å². The Morgan fingerprint density at radius 2 is 1.67 bits per heavy atom. The van der Waals surface area contributed by atoms with E-state index in [-0.39, 0.29) is 0 Å². The summed E-state index contributed by atoms with van der Waals surface area (Å²) in [5, 5.41) is 1.15. The first kappa shape index (κ1) is 11.9. The van der Waals surface area contributed by atoms with E-state index >= 15 is 0 Å². The number of imidazole rings is 1. The van der Waals surface area contributed by atoms with Crippen LogP contribution >= 0.6 is 0 Å². The van der Waals surface area contributed by atoms with Gasteiger partial charge in [0.15, 0.2) is 0 Å². The molecule has 4 aromatic rings. The third-order valence-corrected chi connectivity index (χ3v) is 3.56. The van der Waals surface area contributed by atoms with E-state index in [0.717, 1.165) is 27.8 Å². The summed E-state index contributed by atoms with van der Waals surface area (Å²) in [6.45, 7) is 0. The van der Waals surface area contributed by atoms with Gasteiger partial charge >= 0.3 is 0 Å². The molecule has 0 amide bonds. The molecule has 0 unspecified atom stereocenters. The zero-order valence-corrected chi connectivity index (χ0v) is 11.3. The molecule has 0 radical (unpaired) electrons. The fourth-order valence-corrected chi connectivity index (χ4v) is 2.53. The molecule has 2 heterocycles. The molecular weight excluding hydrogens is 258 g/mol. The zero-order valence-electron chi connectivity index (χ0n) is 11.3. The van der Waals surface area contributed by atoms with Crippen molar-refractivity contribution in [3.63, 3.8) is 0 Å². The summed E-state index contributed by atoms with van der Waals surface area (Å²) >= 11 is 0. The number of hydrogen-bond donors (Lipinski definition) is 0. The van der Waals surface area contributed by atoms with Gasteiger partial charge in [0.1, 0.15) is 0 Å². The Kier molecular flexibility index (Phi) is 2.75. The van der Waals surface area contributed by atoms with Crippen LogP contribution < -0.4 is 0 Å². The molecule has 21 heavy (non-hydrogen) atoms. The van der Waals surface area contributed by atoms with E-state index in [9.17, 15) is 0 Å². The predicted octanol–water partition coefficient (Wildman–Crippen LogP) is 4.09. The highest BCUT2D eigenvalue weighted by Crippen LogP contribution is 2.26. The summed E-state index contributed by atoms with van der Waals surface area (Å²) in [6.07, 6.45) is 5.53. The average molecular weight is 271 g/mol. The second-order valence-corrected chi connectivity index (χ2v) is 4.88. The maximum Gasteiger partial charge on any atom is 0.0991 e. The van der Waals surface area contributed by atoms with Crippen molar-refractivity contribution in [2.45, 2.75) is 0 Å². The lowest BCUT2D eigenvalue weighted by atomic mass is 10.1. The van der Waals surface area contributed by atoms with E-state index in [0.29, 0.717) is 0 Å². The Bertz CT molecular complexity index is 895. The molecule has 2 aromatic carbocycles. The number of pyridine rings is 1. The molecule has 0 saturated heterocycles. The second kappa shape index (κ2) is 4.87. The summed E-state index contributed by atoms with van der Waals surface area (Å²) in [5.41, 5.74) is 4.16.